The molecule has 2 heterocycles. The van der Waals surface area contributed by atoms with Crippen LogP contribution in [0.1, 0.15) is 17.3 Å². The van der Waals surface area contributed by atoms with E-state index in [2.05, 4.69) is 39.0 Å². The number of aromatic nitrogens is 1. The van der Waals surface area contributed by atoms with Gasteiger partial charge in [-0.05, 0) is 31.2 Å². The molecule has 3 rings (SSSR count). The van der Waals surface area contributed by atoms with Gasteiger partial charge in [0, 0.05) is 43.6 Å². The number of anilines is 2. The van der Waals surface area contributed by atoms with Crippen molar-refractivity contribution in [1.29, 1.82) is 0 Å². The Balaban J connectivity index is 1.68. The quantitative estimate of drug-likeness (QED) is 0.810. The minimum absolute atomic E-state index is 0.0848. The van der Waals surface area contributed by atoms with Crippen molar-refractivity contribution in [2.75, 3.05) is 36.0 Å². The van der Waals surface area contributed by atoms with Crippen molar-refractivity contribution in [1.82, 2.24) is 4.98 Å². The van der Waals surface area contributed by atoms with Gasteiger partial charge in [0.15, 0.2) is 5.78 Å². The molecule has 0 radical (unpaired) electrons. The molecule has 0 unspecified atom stereocenters. The second-order valence-corrected chi connectivity index (χ2v) is 5.27. The first-order chi connectivity index (χ1) is 10.2. The molecule has 1 saturated heterocycles. The van der Waals surface area contributed by atoms with Crippen molar-refractivity contribution < 1.29 is 4.79 Å². The second kappa shape index (κ2) is 5.95. The molecule has 1 aromatic carbocycles. The largest absolute Gasteiger partial charge is 0.368 e. The molecule has 21 heavy (non-hydrogen) atoms. The zero-order valence-electron chi connectivity index (χ0n) is 12.2. The lowest BCUT2D eigenvalue weighted by Gasteiger charge is -2.36. The number of Topliss-reactive ketones (excluding diaryl/α,β-unsaturated/α-hetero) is 1. The van der Waals surface area contributed by atoms with Crippen LogP contribution in [0.3, 0.4) is 0 Å². The number of piperazine rings is 1. The van der Waals surface area contributed by atoms with Crippen molar-refractivity contribution in [3.63, 3.8) is 0 Å². The van der Waals surface area contributed by atoms with Crippen LogP contribution in [0.15, 0.2) is 48.7 Å². The zero-order chi connectivity index (χ0) is 14.7. The average Bonchev–Trinajstić information content (AvgIpc) is 2.56. The Labute approximate surface area is 125 Å². The smallest absolute Gasteiger partial charge is 0.159 e. The molecule has 0 saturated carbocycles. The highest BCUT2D eigenvalue weighted by Gasteiger charge is 2.18. The van der Waals surface area contributed by atoms with Crippen molar-refractivity contribution in [3.8, 4) is 0 Å². The minimum Gasteiger partial charge on any atom is -0.368 e. The van der Waals surface area contributed by atoms with Crippen LogP contribution >= 0.6 is 0 Å². The van der Waals surface area contributed by atoms with Crippen LogP contribution in [-0.4, -0.2) is 36.9 Å². The summed E-state index contributed by atoms with van der Waals surface area (Å²) in [6, 6.07) is 14.1. The third kappa shape index (κ3) is 3.05. The molecule has 4 nitrogen and oxygen atoms in total. The first kappa shape index (κ1) is 13.6. The number of hydrogen-bond donors (Lipinski definition) is 0. The van der Waals surface area contributed by atoms with Crippen LogP contribution < -0.4 is 9.80 Å². The van der Waals surface area contributed by atoms with Gasteiger partial charge < -0.3 is 9.80 Å². The Kier molecular flexibility index (Phi) is 3.86. The van der Waals surface area contributed by atoms with Gasteiger partial charge in [-0.2, -0.15) is 0 Å². The highest BCUT2D eigenvalue weighted by molar-refractivity contribution is 5.94. The predicted molar refractivity (Wildman–Crippen MR) is 85.1 cm³/mol. The predicted octanol–water partition coefficient (Wildman–Crippen LogP) is 2.61. The van der Waals surface area contributed by atoms with Gasteiger partial charge in [-0.1, -0.05) is 18.2 Å². The Hall–Kier alpha value is -2.36. The summed E-state index contributed by atoms with van der Waals surface area (Å²) >= 11 is 0. The fourth-order valence-electron chi connectivity index (χ4n) is 2.64. The van der Waals surface area contributed by atoms with E-state index in [0.717, 1.165) is 37.6 Å². The average molecular weight is 281 g/mol. The van der Waals surface area contributed by atoms with E-state index in [0.29, 0.717) is 0 Å². The molecule has 1 aliphatic heterocycles. The summed E-state index contributed by atoms with van der Waals surface area (Å²) in [4.78, 5) is 20.5. The van der Waals surface area contributed by atoms with E-state index in [1.54, 1.807) is 19.2 Å². The summed E-state index contributed by atoms with van der Waals surface area (Å²) in [6.45, 7) is 5.37. The Morgan fingerprint density at radius 1 is 1.00 bits per heavy atom. The summed E-state index contributed by atoms with van der Waals surface area (Å²) < 4.78 is 0. The number of ketones is 1. The molecule has 0 atom stereocenters. The van der Waals surface area contributed by atoms with E-state index in [1.807, 2.05) is 12.1 Å². The zero-order valence-corrected chi connectivity index (χ0v) is 12.2. The molecule has 0 N–H and O–H groups in total. The molecule has 4 heteroatoms. The van der Waals surface area contributed by atoms with Gasteiger partial charge in [0.2, 0.25) is 0 Å². The lowest BCUT2D eigenvalue weighted by atomic mass is 10.2. The first-order valence-electron chi connectivity index (χ1n) is 7.26. The van der Waals surface area contributed by atoms with Crippen molar-refractivity contribution in [3.05, 3.63) is 54.2 Å². The number of benzene rings is 1. The number of carbonyl (C=O) groups excluding carboxylic acids is 1. The molecule has 0 aliphatic carbocycles. The Bertz CT molecular complexity index is 619. The number of pyridine rings is 1. The van der Waals surface area contributed by atoms with Crippen LogP contribution in [0.25, 0.3) is 0 Å². The SMILES string of the molecule is CC(=O)c1ccnc(N2CCN(c3ccccc3)CC2)c1. The van der Waals surface area contributed by atoms with E-state index in [4.69, 9.17) is 0 Å². The molecular formula is C17H19N3O. The highest BCUT2D eigenvalue weighted by atomic mass is 16.1. The Morgan fingerprint density at radius 3 is 2.33 bits per heavy atom. The third-order valence-corrected chi connectivity index (χ3v) is 3.88. The molecule has 2 aromatic rings. The molecule has 1 aliphatic rings. The number of hydrogen-bond acceptors (Lipinski definition) is 4. The van der Waals surface area contributed by atoms with Crippen LogP contribution in [0.5, 0.6) is 0 Å². The normalized spacial score (nSPS) is 15.1. The van der Waals surface area contributed by atoms with Crippen LogP contribution in [0, 0.1) is 0 Å². The van der Waals surface area contributed by atoms with Crippen molar-refractivity contribution in [2.45, 2.75) is 6.92 Å². The van der Waals surface area contributed by atoms with E-state index < -0.39 is 0 Å². The van der Waals surface area contributed by atoms with Gasteiger partial charge in [0.25, 0.3) is 0 Å². The van der Waals surface area contributed by atoms with Gasteiger partial charge >= 0.3 is 0 Å². The van der Waals surface area contributed by atoms with Crippen molar-refractivity contribution in [2.24, 2.45) is 0 Å². The van der Waals surface area contributed by atoms with Gasteiger partial charge in [-0.3, -0.25) is 4.79 Å². The molecular weight excluding hydrogens is 262 g/mol. The summed E-state index contributed by atoms with van der Waals surface area (Å²) in [5, 5.41) is 0. The van der Waals surface area contributed by atoms with Crippen LogP contribution in [0.2, 0.25) is 0 Å². The lowest BCUT2D eigenvalue weighted by molar-refractivity contribution is 0.101. The van der Waals surface area contributed by atoms with E-state index in [1.165, 1.54) is 5.69 Å². The fraction of sp³-hybridized carbons (Fsp3) is 0.294. The monoisotopic (exact) mass is 281 g/mol. The Morgan fingerprint density at radius 2 is 1.67 bits per heavy atom. The molecule has 0 spiro atoms. The first-order valence-corrected chi connectivity index (χ1v) is 7.26. The summed E-state index contributed by atoms with van der Waals surface area (Å²) in [7, 11) is 0. The van der Waals surface area contributed by atoms with Gasteiger partial charge in [-0.15, -0.1) is 0 Å². The van der Waals surface area contributed by atoms with Crippen LogP contribution in [-0.2, 0) is 0 Å². The number of rotatable bonds is 3. The molecule has 108 valence electrons. The van der Waals surface area contributed by atoms with E-state index >= 15 is 0 Å². The maximum Gasteiger partial charge on any atom is 0.159 e. The topological polar surface area (TPSA) is 36.4 Å². The molecule has 0 amide bonds. The fourth-order valence-corrected chi connectivity index (χ4v) is 2.64. The summed E-state index contributed by atoms with van der Waals surface area (Å²) in [5.41, 5.74) is 1.99. The van der Waals surface area contributed by atoms with E-state index in [9.17, 15) is 4.79 Å². The number of nitrogens with zero attached hydrogens (tertiary/aromatic N) is 3. The van der Waals surface area contributed by atoms with E-state index in [-0.39, 0.29) is 5.78 Å². The second-order valence-electron chi connectivity index (χ2n) is 5.27. The summed E-state index contributed by atoms with van der Waals surface area (Å²) in [6.07, 6.45) is 1.72. The summed E-state index contributed by atoms with van der Waals surface area (Å²) in [5.74, 6) is 0.983. The van der Waals surface area contributed by atoms with Gasteiger partial charge in [0.05, 0.1) is 0 Å². The van der Waals surface area contributed by atoms with Crippen molar-refractivity contribution >= 4 is 17.3 Å². The number of carbonyl (C=O) groups is 1. The highest BCUT2D eigenvalue weighted by Crippen LogP contribution is 2.19. The number of para-hydroxylation sites is 1. The van der Waals surface area contributed by atoms with Gasteiger partial charge in [0.1, 0.15) is 5.82 Å². The maximum atomic E-state index is 11.5. The third-order valence-electron chi connectivity index (χ3n) is 3.88. The molecule has 0 bridgehead atoms. The van der Waals surface area contributed by atoms with Crippen LogP contribution in [0.4, 0.5) is 11.5 Å². The maximum absolute atomic E-state index is 11.5. The minimum atomic E-state index is 0.0848. The molecule has 1 aromatic heterocycles. The molecule has 1 fully saturated rings. The lowest BCUT2D eigenvalue weighted by Crippen LogP contribution is -2.46. The standard InChI is InChI=1S/C17H19N3O/c1-14(21)15-7-8-18-17(13-15)20-11-9-19(10-12-20)16-5-3-2-4-6-16/h2-8,13H,9-12H2,1H3. The van der Waals surface area contributed by atoms with Gasteiger partial charge in [-0.25, -0.2) is 4.98 Å².